The zero-order valence-corrected chi connectivity index (χ0v) is 11.3. The van der Waals surface area contributed by atoms with E-state index in [1.807, 2.05) is 20.0 Å². The van der Waals surface area contributed by atoms with Gasteiger partial charge in [0.15, 0.2) is 0 Å². The minimum Gasteiger partial charge on any atom is -0.358 e. The van der Waals surface area contributed by atoms with Crippen molar-refractivity contribution >= 4 is 11.6 Å². The fourth-order valence-electron chi connectivity index (χ4n) is 1.75. The van der Waals surface area contributed by atoms with Crippen molar-refractivity contribution in [3.05, 3.63) is 11.9 Å². The zero-order valence-electron chi connectivity index (χ0n) is 11.3. The normalized spacial score (nSPS) is 10.4. The van der Waals surface area contributed by atoms with Crippen molar-refractivity contribution < 1.29 is 0 Å². The monoisotopic (exact) mass is 237 g/mol. The van der Waals surface area contributed by atoms with E-state index in [9.17, 15) is 0 Å². The topological polar surface area (TPSA) is 58.3 Å². The van der Waals surface area contributed by atoms with Crippen LogP contribution in [0.1, 0.15) is 19.7 Å². The number of hydrogen-bond acceptors (Lipinski definition) is 5. The minimum absolute atomic E-state index is 0.625. The third-order valence-electron chi connectivity index (χ3n) is 2.75. The van der Waals surface area contributed by atoms with Gasteiger partial charge in [-0.15, -0.1) is 0 Å². The molecular formula is C12H23N5. The first-order valence-electron chi connectivity index (χ1n) is 6.14. The number of anilines is 2. The molecule has 5 heteroatoms. The first-order valence-corrected chi connectivity index (χ1v) is 6.14. The predicted octanol–water partition coefficient (Wildman–Crippen LogP) is 1.03. The van der Waals surface area contributed by atoms with Gasteiger partial charge in [0.25, 0.3) is 0 Å². The first kappa shape index (κ1) is 13.7. The van der Waals surface area contributed by atoms with Crippen LogP contribution in [0.25, 0.3) is 0 Å². The zero-order chi connectivity index (χ0) is 12.8. The highest BCUT2D eigenvalue weighted by atomic mass is 15.2. The third-order valence-corrected chi connectivity index (χ3v) is 2.75. The highest BCUT2D eigenvalue weighted by Gasteiger charge is 2.09. The summed E-state index contributed by atoms with van der Waals surface area (Å²) in [6, 6.07) is 2.02. The van der Waals surface area contributed by atoms with E-state index in [2.05, 4.69) is 33.6 Å². The summed E-state index contributed by atoms with van der Waals surface area (Å²) in [7, 11) is 2.00. The molecule has 0 unspecified atom stereocenters. The Bertz CT molecular complexity index is 349. The van der Waals surface area contributed by atoms with Crippen LogP contribution in [0.3, 0.4) is 0 Å². The van der Waals surface area contributed by atoms with E-state index in [1.165, 1.54) is 0 Å². The number of nitrogens with two attached hydrogens (primary N) is 1. The molecule has 0 aliphatic heterocycles. The minimum atomic E-state index is 0.625. The van der Waals surface area contributed by atoms with Crippen molar-refractivity contribution in [1.29, 1.82) is 0 Å². The van der Waals surface area contributed by atoms with Crippen molar-refractivity contribution in [2.75, 3.05) is 43.0 Å². The standard InChI is InChI=1S/C12H23N5/c1-5-17(6-2)12-9-11(14-10(3)15-12)16(4)8-7-13/h9H,5-8,13H2,1-4H3. The smallest absolute Gasteiger partial charge is 0.134 e. The first-order chi connectivity index (χ1) is 8.12. The summed E-state index contributed by atoms with van der Waals surface area (Å²) in [5.41, 5.74) is 5.56. The second-order valence-electron chi connectivity index (χ2n) is 4.01. The van der Waals surface area contributed by atoms with Gasteiger partial charge in [0.2, 0.25) is 0 Å². The van der Waals surface area contributed by atoms with Crippen molar-refractivity contribution in [2.24, 2.45) is 5.73 Å². The average molecular weight is 237 g/mol. The van der Waals surface area contributed by atoms with Crippen molar-refractivity contribution in [2.45, 2.75) is 20.8 Å². The van der Waals surface area contributed by atoms with E-state index in [0.29, 0.717) is 6.54 Å². The quantitative estimate of drug-likeness (QED) is 0.800. The van der Waals surface area contributed by atoms with Gasteiger partial charge in [-0.05, 0) is 20.8 Å². The van der Waals surface area contributed by atoms with E-state index in [1.54, 1.807) is 0 Å². The van der Waals surface area contributed by atoms with Gasteiger partial charge in [-0.3, -0.25) is 0 Å². The number of aryl methyl sites for hydroxylation is 1. The molecule has 0 atom stereocenters. The molecule has 0 saturated carbocycles. The molecule has 17 heavy (non-hydrogen) atoms. The Morgan fingerprint density at radius 3 is 2.29 bits per heavy atom. The summed E-state index contributed by atoms with van der Waals surface area (Å²) in [6.07, 6.45) is 0. The molecule has 0 aromatic carbocycles. The van der Waals surface area contributed by atoms with Gasteiger partial charge < -0.3 is 15.5 Å². The number of rotatable bonds is 6. The van der Waals surface area contributed by atoms with Gasteiger partial charge in [-0.25, -0.2) is 9.97 Å². The van der Waals surface area contributed by atoms with Crippen LogP contribution >= 0.6 is 0 Å². The fourth-order valence-corrected chi connectivity index (χ4v) is 1.75. The van der Waals surface area contributed by atoms with Gasteiger partial charge in [-0.1, -0.05) is 0 Å². The summed E-state index contributed by atoms with van der Waals surface area (Å²) in [4.78, 5) is 13.2. The molecule has 0 aliphatic carbocycles. The number of likely N-dealkylation sites (N-methyl/N-ethyl adjacent to an activating group) is 1. The Morgan fingerprint density at radius 2 is 1.76 bits per heavy atom. The summed E-state index contributed by atoms with van der Waals surface area (Å²) in [5.74, 6) is 2.72. The van der Waals surface area contributed by atoms with Crippen molar-refractivity contribution in [3.8, 4) is 0 Å². The van der Waals surface area contributed by atoms with E-state index in [0.717, 1.165) is 37.1 Å². The Labute approximate surface area is 104 Å². The Balaban J connectivity index is 3.00. The van der Waals surface area contributed by atoms with Crippen molar-refractivity contribution in [3.63, 3.8) is 0 Å². The predicted molar refractivity (Wildman–Crippen MR) is 72.7 cm³/mol. The highest BCUT2D eigenvalue weighted by molar-refractivity contribution is 5.50. The molecule has 1 aromatic rings. The molecule has 5 nitrogen and oxygen atoms in total. The van der Waals surface area contributed by atoms with Gasteiger partial charge in [-0.2, -0.15) is 0 Å². The third kappa shape index (κ3) is 3.56. The van der Waals surface area contributed by atoms with Crippen LogP contribution in [-0.2, 0) is 0 Å². The van der Waals surface area contributed by atoms with E-state index in [-0.39, 0.29) is 0 Å². The summed E-state index contributed by atoms with van der Waals surface area (Å²) in [6.45, 7) is 9.51. The van der Waals surface area contributed by atoms with E-state index >= 15 is 0 Å². The SMILES string of the molecule is CCN(CC)c1cc(N(C)CCN)nc(C)n1. The number of hydrogen-bond donors (Lipinski definition) is 1. The molecule has 1 rings (SSSR count). The molecule has 0 aliphatic rings. The number of nitrogens with zero attached hydrogens (tertiary/aromatic N) is 4. The Hall–Kier alpha value is -1.36. The van der Waals surface area contributed by atoms with Gasteiger partial charge in [0.05, 0.1) is 0 Å². The molecule has 96 valence electrons. The summed E-state index contributed by atoms with van der Waals surface area (Å²) >= 11 is 0. The maximum Gasteiger partial charge on any atom is 0.134 e. The van der Waals surface area contributed by atoms with Gasteiger partial charge in [0, 0.05) is 39.3 Å². The van der Waals surface area contributed by atoms with Crippen LogP contribution in [0, 0.1) is 6.92 Å². The molecule has 0 amide bonds. The lowest BCUT2D eigenvalue weighted by Crippen LogP contribution is -2.28. The second-order valence-corrected chi connectivity index (χ2v) is 4.01. The van der Waals surface area contributed by atoms with E-state index in [4.69, 9.17) is 5.73 Å². The number of aromatic nitrogens is 2. The lowest BCUT2D eigenvalue weighted by Gasteiger charge is -2.23. The molecule has 0 bridgehead atoms. The molecular weight excluding hydrogens is 214 g/mol. The van der Waals surface area contributed by atoms with Crippen LogP contribution in [0.4, 0.5) is 11.6 Å². The Kier molecular flexibility index (Phi) is 5.15. The lowest BCUT2D eigenvalue weighted by atomic mass is 10.4. The van der Waals surface area contributed by atoms with E-state index < -0.39 is 0 Å². The van der Waals surface area contributed by atoms with Crippen LogP contribution in [0.2, 0.25) is 0 Å². The average Bonchev–Trinajstić information content (AvgIpc) is 2.30. The molecule has 2 N–H and O–H groups in total. The maximum absolute atomic E-state index is 5.56. The van der Waals surface area contributed by atoms with Crippen LogP contribution in [0.5, 0.6) is 0 Å². The van der Waals surface area contributed by atoms with Crippen LogP contribution < -0.4 is 15.5 Å². The molecule has 1 heterocycles. The molecule has 0 saturated heterocycles. The lowest BCUT2D eigenvalue weighted by molar-refractivity contribution is 0.818. The second kappa shape index (κ2) is 6.39. The summed E-state index contributed by atoms with van der Waals surface area (Å²) < 4.78 is 0. The highest BCUT2D eigenvalue weighted by Crippen LogP contribution is 2.17. The molecule has 1 aromatic heterocycles. The summed E-state index contributed by atoms with van der Waals surface area (Å²) in [5, 5.41) is 0. The fraction of sp³-hybridized carbons (Fsp3) is 0.667. The molecule has 0 spiro atoms. The van der Waals surface area contributed by atoms with Crippen LogP contribution in [-0.4, -0.2) is 43.2 Å². The van der Waals surface area contributed by atoms with Crippen LogP contribution in [0.15, 0.2) is 6.07 Å². The van der Waals surface area contributed by atoms with Gasteiger partial charge in [0.1, 0.15) is 17.5 Å². The van der Waals surface area contributed by atoms with Gasteiger partial charge >= 0.3 is 0 Å². The molecule has 0 fully saturated rings. The molecule has 0 radical (unpaired) electrons. The largest absolute Gasteiger partial charge is 0.358 e. The Morgan fingerprint density at radius 1 is 1.18 bits per heavy atom. The van der Waals surface area contributed by atoms with Crippen molar-refractivity contribution in [1.82, 2.24) is 9.97 Å². The maximum atomic E-state index is 5.56.